The first-order valence-corrected chi connectivity index (χ1v) is 11.0. The van der Waals surface area contributed by atoms with E-state index in [0.717, 1.165) is 9.44 Å². The molecule has 160 valence electrons. The average Bonchev–Trinajstić information content (AvgIpc) is 3.24. The van der Waals surface area contributed by atoms with Gasteiger partial charge in [-0.2, -0.15) is 0 Å². The minimum atomic E-state index is -0.539. The number of nitrogens with one attached hydrogen (secondary N) is 1. The van der Waals surface area contributed by atoms with Crippen LogP contribution in [-0.4, -0.2) is 26.2 Å². The van der Waals surface area contributed by atoms with Crippen molar-refractivity contribution in [2.45, 2.75) is 46.2 Å². The van der Waals surface area contributed by atoms with Gasteiger partial charge in [0.1, 0.15) is 5.65 Å². The second kappa shape index (κ2) is 9.25. The normalized spacial score (nSPS) is 11.2. The van der Waals surface area contributed by atoms with Crippen molar-refractivity contribution in [3.8, 4) is 0 Å². The number of hydrogen-bond acceptors (Lipinski definition) is 5. The summed E-state index contributed by atoms with van der Waals surface area (Å²) in [6.07, 6.45) is 1.90. The van der Waals surface area contributed by atoms with Gasteiger partial charge in [0.25, 0.3) is 17.0 Å². The quantitative estimate of drug-likeness (QED) is 0.589. The highest BCUT2D eigenvalue weighted by molar-refractivity contribution is 7.09. The third-order valence-corrected chi connectivity index (χ3v) is 5.89. The molecule has 1 N–H and O–H groups in total. The van der Waals surface area contributed by atoms with E-state index in [9.17, 15) is 19.2 Å². The van der Waals surface area contributed by atoms with Crippen molar-refractivity contribution in [2.24, 2.45) is 7.05 Å². The van der Waals surface area contributed by atoms with E-state index < -0.39 is 22.7 Å². The lowest BCUT2D eigenvalue weighted by atomic mass is 10.1. The van der Waals surface area contributed by atoms with Gasteiger partial charge in [-0.15, -0.1) is 11.3 Å². The number of hydrogen-bond donors (Lipinski definition) is 1. The molecular formula is C21H26N4O4S. The van der Waals surface area contributed by atoms with Crippen LogP contribution in [0.15, 0.2) is 38.0 Å². The van der Waals surface area contributed by atoms with Crippen LogP contribution in [0.2, 0.25) is 0 Å². The molecule has 0 spiro atoms. The van der Waals surface area contributed by atoms with Crippen molar-refractivity contribution < 1.29 is 4.79 Å². The zero-order chi connectivity index (χ0) is 21.8. The van der Waals surface area contributed by atoms with E-state index in [-0.39, 0.29) is 23.1 Å². The molecule has 0 aliphatic rings. The number of aryl methyl sites for hydroxylation is 2. The van der Waals surface area contributed by atoms with Gasteiger partial charge in [-0.05, 0) is 30.7 Å². The summed E-state index contributed by atoms with van der Waals surface area (Å²) in [4.78, 5) is 52.8. The van der Waals surface area contributed by atoms with Crippen LogP contribution in [0.4, 0.5) is 0 Å². The third-order valence-electron chi connectivity index (χ3n) is 4.95. The van der Waals surface area contributed by atoms with E-state index in [1.807, 2.05) is 31.4 Å². The molecule has 3 heterocycles. The van der Waals surface area contributed by atoms with Crippen LogP contribution >= 0.6 is 11.3 Å². The highest BCUT2D eigenvalue weighted by Crippen LogP contribution is 2.13. The maximum absolute atomic E-state index is 13.2. The first kappa shape index (κ1) is 21.8. The summed E-state index contributed by atoms with van der Waals surface area (Å²) < 4.78 is 3.83. The van der Waals surface area contributed by atoms with Crippen LogP contribution in [0, 0.1) is 0 Å². The molecule has 0 radical (unpaired) electrons. The van der Waals surface area contributed by atoms with E-state index in [1.54, 1.807) is 11.3 Å². The number of carbonyl (C=O) groups is 1. The Kier molecular flexibility index (Phi) is 6.71. The lowest BCUT2D eigenvalue weighted by molar-refractivity contribution is 0.0955. The van der Waals surface area contributed by atoms with Crippen molar-refractivity contribution in [3.05, 3.63) is 65.2 Å². The van der Waals surface area contributed by atoms with Gasteiger partial charge in [0.2, 0.25) is 0 Å². The summed E-state index contributed by atoms with van der Waals surface area (Å²) in [6.45, 7) is 4.74. The monoisotopic (exact) mass is 430 g/mol. The van der Waals surface area contributed by atoms with Gasteiger partial charge >= 0.3 is 5.69 Å². The standard InChI is InChI=1S/C21H26N4O4S/c1-4-10-24-16(26)13-15(18(27)22-9-8-14-7-6-12-30-14)17-19(24)23(3)21(29)25(11-5-2)20(17)28/h6-7,12-13H,4-5,8-11H2,1-3H3,(H,22,27). The lowest BCUT2D eigenvalue weighted by Gasteiger charge is -2.17. The maximum atomic E-state index is 13.2. The summed E-state index contributed by atoms with van der Waals surface area (Å²) >= 11 is 1.60. The van der Waals surface area contributed by atoms with Crippen molar-refractivity contribution in [2.75, 3.05) is 6.54 Å². The lowest BCUT2D eigenvalue weighted by Crippen LogP contribution is -2.42. The Bertz CT molecular complexity index is 1240. The molecule has 0 atom stereocenters. The minimum absolute atomic E-state index is 0.0129. The minimum Gasteiger partial charge on any atom is -0.352 e. The topological polar surface area (TPSA) is 95.1 Å². The Hall–Kier alpha value is -2.94. The number of amides is 1. The van der Waals surface area contributed by atoms with E-state index in [1.165, 1.54) is 22.2 Å². The van der Waals surface area contributed by atoms with Crippen LogP contribution in [0.1, 0.15) is 41.9 Å². The maximum Gasteiger partial charge on any atom is 0.332 e. The summed E-state index contributed by atoms with van der Waals surface area (Å²) in [5.41, 5.74) is -1.23. The average molecular weight is 431 g/mol. The van der Waals surface area contributed by atoms with E-state index in [2.05, 4.69) is 5.32 Å². The van der Waals surface area contributed by atoms with Gasteiger partial charge < -0.3 is 5.32 Å². The fourth-order valence-electron chi connectivity index (χ4n) is 3.58. The van der Waals surface area contributed by atoms with Crippen molar-refractivity contribution in [1.29, 1.82) is 0 Å². The second-order valence-electron chi connectivity index (χ2n) is 7.13. The van der Waals surface area contributed by atoms with Crippen molar-refractivity contribution in [3.63, 3.8) is 0 Å². The van der Waals surface area contributed by atoms with Crippen LogP contribution in [0.25, 0.3) is 11.0 Å². The molecule has 3 aromatic rings. The SMILES string of the molecule is CCCn1c(=O)c2c(C(=O)NCCc3cccs3)cc(=O)n(CCC)c2n(C)c1=O. The first-order valence-electron chi connectivity index (χ1n) is 10.1. The Labute approximate surface area is 177 Å². The predicted molar refractivity (Wildman–Crippen MR) is 119 cm³/mol. The summed E-state index contributed by atoms with van der Waals surface area (Å²) in [5, 5.41) is 4.88. The molecule has 0 saturated heterocycles. The van der Waals surface area contributed by atoms with Gasteiger partial charge in [-0.1, -0.05) is 19.9 Å². The molecular weight excluding hydrogens is 404 g/mol. The molecule has 0 unspecified atom stereocenters. The van der Waals surface area contributed by atoms with Gasteiger partial charge in [0.05, 0.1) is 10.9 Å². The zero-order valence-corrected chi connectivity index (χ0v) is 18.3. The largest absolute Gasteiger partial charge is 0.352 e. The fraction of sp³-hybridized carbons (Fsp3) is 0.429. The summed E-state index contributed by atoms with van der Waals surface area (Å²) in [5.74, 6) is -0.490. The second-order valence-corrected chi connectivity index (χ2v) is 8.16. The van der Waals surface area contributed by atoms with Crippen LogP contribution in [-0.2, 0) is 26.6 Å². The smallest absolute Gasteiger partial charge is 0.332 e. The number of pyridine rings is 1. The first-order chi connectivity index (χ1) is 14.4. The highest BCUT2D eigenvalue weighted by atomic mass is 32.1. The van der Waals surface area contributed by atoms with Gasteiger partial charge in [-0.3, -0.25) is 28.1 Å². The van der Waals surface area contributed by atoms with Gasteiger partial charge in [-0.25, -0.2) is 4.79 Å². The highest BCUT2D eigenvalue weighted by Gasteiger charge is 2.22. The number of nitrogens with zero attached hydrogens (tertiary/aromatic N) is 3. The Morgan fingerprint density at radius 1 is 1.10 bits per heavy atom. The van der Waals surface area contributed by atoms with Crippen molar-refractivity contribution in [1.82, 2.24) is 19.0 Å². The van der Waals surface area contributed by atoms with Crippen molar-refractivity contribution >= 4 is 28.3 Å². The molecule has 3 aromatic heterocycles. The van der Waals surface area contributed by atoms with E-state index >= 15 is 0 Å². The molecule has 0 aliphatic heterocycles. The summed E-state index contributed by atoms with van der Waals surface area (Å²) in [6, 6.07) is 5.14. The molecule has 0 bridgehead atoms. The Balaban J connectivity index is 2.17. The molecule has 3 rings (SSSR count). The van der Waals surface area contributed by atoms with E-state index in [4.69, 9.17) is 0 Å². The summed E-state index contributed by atoms with van der Waals surface area (Å²) in [7, 11) is 1.53. The number of rotatable bonds is 8. The molecule has 30 heavy (non-hydrogen) atoms. The number of thiophene rings is 1. The molecule has 9 heteroatoms. The molecule has 0 fully saturated rings. The van der Waals surface area contributed by atoms with Gasteiger partial charge in [0.15, 0.2) is 0 Å². The zero-order valence-electron chi connectivity index (χ0n) is 17.4. The predicted octanol–water partition coefficient (Wildman–Crippen LogP) is 1.72. The van der Waals surface area contributed by atoms with E-state index in [0.29, 0.717) is 32.4 Å². The van der Waals surface area contributed by atoms with Gasteiger partial charge in [0, 0.05) is 37.6 Å². The van der Waals surface area contributed by atoms with Crippen LogP contribution in [0.3, 0.4) is 0 Å². The molecule has 0 aliphatic carbocycles. The van der Waals surface area contributed by atoms with Crippen LogP contribution in [0.5, 0.6) is 0 Å². The number of aromatic nitrogens is 3. The molecule has 0 aromatic carbocycles. The molecule has 0 saturated carbocycles. The fourth-order valence-corrected chi connectivity index (χ4v) is 4.28. The molecule has 8 nitrogen and oxygen atoms in total. The number of carbonyl (C=O) groups excluding carboxylic acids is 1. The Morgan fingerprint density at radius 2 is 1.80 bits per heavy atom. The number of fused-ring (bicyclic) bond motifs is 1. The molecule has 1 amide bonds. The third kappa shape index (κ3) is 4.02. The van der Waals surface area contributed by atoms with Crippen LogP contribution < -0.4 is 22.1 Å². The Morgan fingerprint density at radius 3 is 2.43 bits per heavy atom.